The van der Waals surface area contributed by atoms with Crippen LogP contribution in [0.3, 0.4) is 0 Å². The van der Waals surface area contributed by atoms with Crippen molar-refractivity contribution in [3.63, 3.8) is 0 Å². The van der Waals surface area contributed by atoms with Gasteiger partial charge in [0.25, 0.3) is 17.5 Å². The van der Waals surface area contributed by atoms with Crippen molar-refractivity contribution in [1.82, 2.24) is 9.80 Å². The minimum atomic E-state index is -0.538. The molecule has 2 aromatic rings. The summed E-state index contributed by atoms with van der Waals surface area (Å²) in [5.41, 5.74) is 0.778. The molecule has 8 heteroatoms. The molecular weight excluding hydrogens is 406 g/mol. The molecule has 3 rings (SSSR count). The lowest BCUT2D eigenvalue weighted by Gasteiger charge is -2.38. The van der Waals surface area contributed by atoms with Gasteiger partial charge in [-0.15, -0.1) is 0 Å². The molecular formula is C22H24ClN3O4. The smallest absolute Gasteiger partial charge is 0.270 e. The van der Waals surface area contributed by atoms with Crippen LogP contribution in [-0.2, 0) is 0 Å². The van der Waals surface area contributed by atoms with Crippen molar-refractivity contribution in [3.8, 4) is 0 Å². The minimum absolute atomic E-state index is 0.000770. The fourth-order valence-corrected chi connectivity index (χ4v) is 4.04. The van der Waals surface area contributed by atoms with Gasteiger partial charge in [-0.05, 0) is 37.5 Å². The van der Waals surface area contributed by atoms with Crippen LogP contribution in [0, 0.1) is 10.1 Å². The molecule has 7 nitrogen and oxygen atoms in total. The van der Waals surface area contributed by atoms with Crippen LogP contribution in [-0.4, -0.2) is 52.2 Å². The van der Waals surface area contributed by atoms with Gasteiger partial charge >= 0.3 is 0 Å². The second-order valence-corrected chi connectivity index (χ2v) is 7.72. The fraction of sp³-hybridized carbons (Fsp3) is 0.364. The molecule has 0 saturated carbocycles. The standard InChI is InChI=1S/C22H24ClN3O4/c1-2-12-25(22(28)19-9-8-18(26(29)30)15-20(19)23)17-10-13-24(14-11-17)21(27)16-6-4-3-5-7-16/h3-9,15,17H,2,10-14H2,1H3. The molecule has 0 bridgehead atoms. The second kappa shape index (κ2) is 9.71. The molecule has 0 N–H and O–H groups in total. The van der Waals surface area contributed by atoms with Gasteiger partial charge in [-0.25, -0.2) is 0 Å². The minimum Gasteiger partial charge on any atom is -0.338 e. The number of hydrogen-bond acceptors (Lipinski definition) is 4. The lowest BCUT2D eigenvalue weighted by Crippen LogP contribution is -2.49. The molecule has 0 aromatic heterocycles. The summed E-state index contributed by atoms with van der Waals surface area (Å²) in [7, 11) is 0. The quantitative estimate of drug-likeness (QED) is 0.503. The molecule has 1 saturated heterocycles. The number of halogens is 1. The molecule has 0 aliphatic carbocycles. The Bertz CT molecular complexity index is 927. The SMILES string of the molecule is CCCN(C(=O)c1ccc([N+](=O)[O-])cc1Cl)C1CCN(C(=O)c2ccccc2)CC1. The lowest BCUT2D eigenvalue weighted by atomic mass is 10.0. The highest BCUT2D eigenvalue weighted by atomic mass is 35.5. The number of nitro groups is 1. The van der Waals surface area contributed by atoms with Crippen LogP contribution in [0.15, 0.2) is 48.5 Å². The number of piperidine rings is 1. The van der Waals surface area contributed by atoms with Crippen LogP contribution < -0.4 is 0 Å². The molecule has 0 unspecified atom stereocenters. The van der Waals surface area contributed by atoms with Crippen molar-refractivity contribution in [2.45, 2.75) is 32.2 Å². The molecule has 30 heavy (non-hydrogen) atoms. The van der Waals surface area contributed by atoms with Crippen molar-refractivity contribution in [2.75, 3.05) is 19.6 Å². The van der Waals surface area contributed by atoms with Crippen molar-refractivity contribution < 1.29 is 14.5 Å². The van der Waals surface area contributed by atoms with E-state index in [1.807, 2.05) is 30.0 Å². The van der Waals surface area contributed by atoms with Crippen molar-refractivity contribution in [1.29, 1.82) is 0 Å². The maximum Gasteiger partial charge on any atom is 0.270 e. The Balaban J connectivity index is 1.71. The maximum absolute atomic E-state index is 13.2. The zero-order valence-electron chi connectivity index (χ0n) is 16.8. The topological polar surface area (TPSA) is 83.8 Å². The normalized spacial score (nSPS) is 14.4. The summed E-state index contributed by atoms with van der Waals surface area (Å²) >= 11 is 6.18. The van der Waals surface area contributed by atoms with Gasteiger partial charge in [-0.3, -0.25) is 19.7 Å². The molecule has 1 aliphatic rings. The molecule has 0 spiro atoms. The predicted octanol–water partition coefficient (Wildman–Crippen LogP) is 4.41. The van der Waals surface area contributed by atoms with Crippen LogP contribution in [0.25, 0.3) is 0 Å². The highest BCUT2D eigenvalue weighted by Gasteiger charge is 2.31. The summed E-state index contributed by atoms with van der Waals surface area (Å²) in [5.74, 6) is -0.231. The monoisotopic (exact) mass is 429 g/mol. The van der Waals surface area contributed by atoms with Gasteiger partial charge in [0.05, 0.1) is 15.5 Å². The first kappa shape index (κ1) is 21.8. The highest BCUT2D eigenvalue weighted by Crippen LogP contribution is 2.26. The zero-order chi connectivity index (χ0) is 21.7. The second-order valence-electron chi connectivity index (χ2n) is 7.31. The van der Waals surface area contributed by atoms with E-state index < -0.39 is 4.92 Å². The fourth-order valence-electron chi connectivity index (χ4n) is 3.78. The lowest BCUT2D eigenvalue weighted by molar-refractivity contribution is -0.384. The Kier molecular flexibility index (Phi) is 7.05. The number of amides is 2. The van der Waals surface area contributed by atoms with E-state index in [0.29, 0.717) is 38.0 Å². The Hall–Kier alpha value is -2.93. The Morgan fingerprint density at radius 3 is 2.40 bits per heavy atom. The summed E-state index contributed by atoms with van der Waals surface area (Å²) in [5, 5.41) is 11.0. The number of carbonyl (C=O) groups is 2. The molecule has 1 fully saturated rings. The first-order valence-electron chi connectivity index (χ1n) is 10.0. The number of nitro benzene ring substituents is 1. The predicted molar refractivity (Wildman–Crippen MR) is 115 cm³/mol. The third-order valence-corrected chi connectivity index (χ3v) is 5.65. The summed E-state index contributed by atoms with van der Waals surface area (Å²) in [6.45, 7) is 3.69. The zero-order valence-corrected chi connectivity index (χ0v) is 17.5. The van der Waals surface area contributed by atoms with Crippen LogP contribution >= 0.6 is 11.6 Å². The number of benzene rings is 2. The molecule has 158 valence electrons. The van der Waals surface area contributed by atoms with Gasteiger partial charge < -0.3 is 9.80 Å². The van der Waals surface area contributed by atoms with E-state index in [1.54, 1.807) is 17.0 Å². The third-order valence-electron chi connectivity index (χ3n) is 5.33. The summed E-state index contributed by atoms with van der Waals surface area (Å²) in [6, 6.07) is 13.1. The van der Waals surface area contributed by atoms with E-state index in [1.165, 1.54) is 18.2 Å². The molecule has 0 atom stereocenters. The number of rotatable bonds is 6. The molecule has 1 heterocycles. The summed E-state index contributed by atoms with van der Waals surface area (Å²) in [4.78, 5) is 39.8. The highest BCUT2D eigenvalue weighted by molar-refractivity contribution is 6.34. The van der Waals surface area contributed by atoms with E-state index in [-0.39, 0.29) is 34.1 Å². The van der Waals surface area contributed by atoms with Gasteiger partial charge in [0, 0.05) is 43.4 Å². The molecule has 2 amide bonds. The van der Waals surface area contributed by atoms with E-state index in [4.69, 9.17) is 11.6 Å². The number of likely N-dealkylation sites (tertiary alicyclic amines) is 1. The number of nitrogens with zero attached hydrogens (tertiary/aromatic N) is 3. The Morgan fingerprint density at radius 2 is 1.83 bits per heavy atom. The van der Waals surface area contributed by atoms with Gasteiger partial charge in [-0.1, -0.05) is 36.7 Å². The number of non-ortho nitro benzene ring substituents is 1. The molecule has 2 aromatic carbocycles. The molecule has 1 aliphatic heterocycles. The Morgan fingerprint density at radius 1 is 1.17 bits per heavy atom. The number of hydrogen-bond donors (Lipinski definition) is 0. The van der Waals surface area contributed by atoms with Gasteiger partial charge in [0.1, 0.15) is 0 Å². The van der Waals surface area contributed by atoms with Crippen molar-refractivity contribution in [2.24, 2.45) is 0 Å². The van der Waals surface area contributed by atoms with E-state index in [9.17, 15) is 19.7 Å². The van der Waals surface area contributed by atoms with Crippen LogP contribution in [0.5, 0.6) is 0 Å². The van der Waals surface area contributed by atoms with Gasteiger partial charge in [0.2, 0.25) is 0 Å². The summed E-state index contributed by atoms with van der Waals surface area (Å²) in [6.07, 6.45) is 2.13. The van der Waals surface area contributed by atoms with Gasteiger partial charge in [0.15, 0.2) is 0 Å². The third kappa shape index (κ3) is 4.79. The van der Waals surface area contributed by atoms with Crippen molar-refractivity contribution in [3.05, 3.63) is 74.8 Å². The van der Waals surface area contributed by atoms with E-state index >= 15 is 0 Å². The van der Waals surface area contributed by atoms with E-state index in [2.05, 4.69) is 0 Å². The first-order chi connectivity index (χ1) is 14.4. The molecule has 0 radical (unpaired) electrons. The van der Waals surface area contributed by atoms with Crippen LogP contribution in [0.1, 0.15) is 46.9 Å². The van der Waals surface area contributed by atoms with Crippen LogP contribution in [0.4, 0.5) is 5.69 Å². The average Bonchev–Trinajstić information content (AvgIpc) is 2.77. The Labute approximate surface area is 180 Å². The van der Waals surface area contributed by atoms with Crippen LogP contribution in [0.2, 0.25) is 5.02 Å². The van der Waals surface area contributed by atoms with Gasteiger partial charge in [-0.2, -0.15) is 0 Å². The summed E-state index contributed by atoms with van der Waals surface area (Å²) < 4.78 is 0. The average molecular weight is 430 g/mol. The maximum atomic E-state index is 13.2. The number of carbonyl (C=O) groups excluding carboxylic acids is 2. The van der Waals surface area contributed by atoms with Crippen molar-refractivity contribution >= 4 is 29.1 Å². The largest absolute Gasteiger partial charge is 0.338 e. The first-order valence-corrected chi connectivity index (χ1v) is 10.4. The van der Waals surface area contributed by atoms with E-state index in [0.717, 1.165) is 6.42 Å².